The predicted octanol–water partition coefficient (Wildman–Crippen LogP) is 2.46. The summed E-state index contributed by atoms with van der Waals surface area (Å²) in [6.07, 6.45) is 6.95. The Morgan fingerprint density at radius 3 is 2.83 bits per heavy atom. The number of aryl methyl sites for hydroxylation is 1. The van der Waals surface area contributed by atoms with Gasteiger partial charge in [0, 0.05) is 29.7 Å². The van der Waals surface area contributed by atoms with Gasteiger partial charge in [-0.25, -0.2) is 4.98 Å². The van der Waals surface area contributed by atoms with Crippen molar-refractivity contribution in [2.75, 3.05) is 6.54 Å². The fourth-order valence-corrected chi connectivity index (χ4v) is 4.14. The van der Waals surface area contributed by atoms with Crippen molar-refractivity contribution in [2.24, 2.45) is 5.92 Å². The van der Waals surface area contributed by atoms with Crippen LogP contribution in [0, 0.1) is 12.8 Å². The maximum atomic E-state index is 4.48. The Hall–Kier alpha value is -0.450. The SMILES string of the molecule is Cc1csc(CNCCC2CC3CCC(C2)N3)n1. The van der Waals surface area contributed by atoms with Crippen molar-refractivity contribution in [3.05, 3.63) is 16.1 Å². The van der Waals surface area contributed by atoms with Gasteiger partial charge in [0.1, 0.15) is 5.01 Å². The van der Waals surface area contributed by atoms with Gasteiger partial charge in [-0.1, -0.05) is 0 Å². The van der Waals surface area contributed by atoms with Crippen molar-refractivity contribution in [3.8, 4) is 0 Å². The van der Waals surface area contributed by atoms with E-state index in [-0.39, 0.29) is 0 Å². The first-order valence-corrected chi connectivity index (χ1v) is 8.05. The summed E-state index contributed by atoms with van der Waals surface area (Å²) >= 11 is 1.76. The lowest BCUT2D eigenvalue weighted by atomic mass is 9.90. The van der Waals surface area contributed by atoms with Crippen LogP contribution >= 0.6 is 11.3 Å². The minimum atomic E-state index is 0.829. The summed E-state index contributed by atoms with van der Waals surface area (Å²) in [5.41, 5.74) is 1.15. The molecule has 2 fully saturated rings. The molecule has 0 saturated carbocycles. The Kier molecular flexibility index (Phi) is 3.97. The molecule has 2 saturated heterocycles. The lowest BCUT2D eigenvalue weighted by Gasteiger charge is -2.29. The molecule has 3 nitrogen and oxygen atoms in total. The van der Waals surface area contributed by atoms with Gasteiger partial charge in [-0.15, -0.1) is 11.3 Å². The van der Waals surface area contributed by atoms with Gasteiger partial charge in [0.05, 0.1) is 0 Å². The summed E-state index contributed by atoms with van der Waals surface area (Å²) in [7, 11) is 0. The molecule has 2 aliphatic heterocycles. The van der Waals surface area contributed by atoms with Crippen LogP contribution in [0.5, 0.6) is 0 Å². The van der Waals surface area contributed by atoms with Crippen LogP contribution in [-0.2, 0) is 6.54 Å². The number of piperidine rings is 1. The van der Waals surface area contributed by atoms with Crippen LogP contribution in [0.3, 0.4) is 0 Å². The first-order valence-electron chi connectivity index (χ1n) is 7.17. The molecule has 1 aromatic rings. The molecule has 2 atom stereocenters. The van der Waals surface area contributed by atoms with Gasteiger partial charge in [-0.05, 0) is 51.5 Å². The van der Waals surface area contributed by atoms with Crippen LogP contribution in [0.15, 0.2) is 5.38 Å². The average molecular weight is 265 g/mol. The van der Waals surface area contributed by atoms with E-state index >= 15 is 0 Å². The normalized spacial score (nSPS) is 30.8. The Labute approximate surface area is 113 Å². The zero-order valence-corrected chi connectivity index (χ0v) is 11.9. The predicted molar refractivity (Wildman–Crippen MR) is 75.8 cm³/mol. The number of fused-ring (bicyclic) bond motifs is 2. The van der Waals surface area contributed by atoms with Gasteiger partial charge in [-0.3, -0.25) is 0 Å². The fraction of sp³-hybridized carbons (Fsp3) is 0.786. The molecule has 4 heteroatoms. The number of thiazole rings is 1. The molecular formula is C14H23N3S. The molecule has 3 heterocycles. The number of rotatable bonds is 5. The van der Waals surface area contributed by atoms with E-state index in [0.717, 1.165) is 36.8 Å². The molecule has 0 aromatic carbocycles. The van der Waals surface area contributed by atoms with Crippen molar-refractivity contribution >= 4 is 11.3 Å². The number of nitrogens with one attached hydrogen (secondary N) is 2. The molecule has 18 heavy (non-hydrogen) atoms. The smallest absolute Gasteiger partial charge is 0.107 e. The maximum absolute atomic E-state index is 4.48. The van der Waals surface area contributed by atoms with E-state index in [1.54, 1.807) is 11.3 Å². The summed E-state index contributed by atoms with van der Waals surface area (Å²) in [6.45, 7) is 4.14. The van der Waals surface area contributed by atoms with Crippen molar-refractivity contribution in [3.63, 3.8) is 0 Å². The van der Waals surface area contributed by atoms with Crippen molar-refractivity contribution < 1.29 is 0 Å². The second-order valence-corrected chi connectivity index (χ2v) is 6.77. The monoisotopic (exact) mass is 265 g/mol. The fourth-order valence-electron chi connectivity index (χ4n) is 3.40. The Bertz CT molecular complexity index is 378. The molecule has 1 aromatic heterocycles. The second kappa shape index (κ2) is 5.68. The van der Waals surface area contributed by atoms with E-state index in [4.69, 9.17) is 0 Å². The highest BCUT2D eigenvalue weighted by molar-refractivity contribution is 7.09. The van der Waals surface area contributed by atoms with Crippen molar-refractivity contribution in [2.45, 2.75) is 57.7 Å². The highest BCUT2D eigenvalue weighted by atomic mass is 32.1. The van der Waals surface area contributed by atoms with E-state index in [0.29, 0.717) is 0 Å². The third-order valence-electron chi connectivity index (χ3n) is 4.24. The first kappa shape index (κ1) is 12.6. The lowest BCUT2D eigenvalue weighted by molar-refractivity contribution is 0.283. The quantitative estimate of drug-likeness (QED) is 0.803. The van der Waals surface area contributed by atoms with Crippen LogP contribution in [0.2, 0.25) is 0 Å². The van der Waals surface area contributed by atoms with Gasteiger partial charge in [0.25, 0.3) is 0 Å². The van der Waals surface area contributed by atoms with Gasteiger partial charge >= 0.3 is 0 Å². The Morgan fingerprint density at radius 1 is 1.39 bits per heavy atom. The molecule has 0 aliphatic carbocycles. The van der Waals surface area contributed by atoms with Crippen molar-refractivity contribution in [1.29, 1.82) is 0 Å². The lowest BCUT2D eigenvalue weighted by Crippen LogP contribution is -2.38. The summed E-state index contributed by atoms with van der Waals surface area (Å²) in [5.74, 6) is 0.939. The standard InChI is InChI=1S/C14H23N3S/c1-10-9-18-14(16-10)8-15-5-4-11-6-12-2-3-13(7-11)17-12/h9,11-13,15,17H,2-8H2,1H3. The van der Waals surface area contributed by atoms with Gasteiger partial charge in [-0.2, -0.15) is 0 Å². The molecular weight excluding hydrogens is 242 g/mol. The minimum absolute atomic E-state index is 0.829. The molecule has 100 valence electrons. The molecule has 2 unspecified atom stereocenters. The topological polar surface area (TPSA) is 37.0 Å². The van der Waals surface area contributed by atoms with Gasteiger partial charge in [0.2, 0.25) is 0 Å². The minimum Gasteiger partial charge on any atom is -0.311 e. The highest BCUT2D eigenvalue weighted by Gasteiger charge is 2.32. The van der Waals surface area contributed by atoms with Crippen LogP contribution in [0.25, 0.3) is 0 Å². The Balaban J connectivity index is 1.35. The summed E-state index contributed by atoms with van der Waals surface area (Å²) in [6, 6.07) is 1.66. The summed E-state index contributed by atoms with van der Waals surface area (Å²) < 4.78 is 0. The highest BCUT2D eigenvalue weighted by Crippen LogP contribution is 2.32. The van der Waals surface area contributed by atoms with Crippen LogP contribution < -0.4 is 10.6 Å². The zero-order valence-electron chi connectivity index (χ0n) is 11.1. The average Bonchev–Trinajstić information content (AvgIpc) is 2.91. The maximum Gasteiger partial charge on any atom is 0.107 e. The van der Waals surface area contributed by atoms with Crippen LogP contribution in [-0.4, -0.2) is 23.6 Å². The van der Waals surface area contributed by atoms with Gasteiger partial charge in [0.15, 0.2) is 0 Å². The molecule has 3 rings (SSSR count). The Morgan fingerprint density at radius 2 is 2.17 bits per heavy atom. The number of nitrogens with zero attached hydrogens (tertiary/aromatic N) is 1. The summed E-state index contributed by atoms with van der Waals surface area (Å²) in [5, 5.41) is 10.6. The van der Waals surface area contributed by atoms with E-state index in [2.05, 4.69) is 27.9 Å². The number of hydrogen-bond donors (Lipinski definition) is 2. The van der Waals surface area contributed by atoms with Gasteiger partial charge < -0.3 is 10.6 Å². The first-order chi connectivity index (χ1) is 8.79. The van der Waals surface area contributed by atoms with Crippen LogP contribution in [0.4, 0.5) is 0 Å². The molecule has 2 aliphatic rings. The molecule has 0 amide bonds. The van der Waals surface area contributed by atoms with E-state index in [1.165, 1.54) is 37.1 Å². The number of aromatic nitrogens is 1. The van der Waals surface area contributed by atoms with E-state index in [9.17, 15) is 0 Å². The second-order valence-electron chi connectivity index (χ2n) is 5.82. The van der Waals surface area contributed by atoms with Crippen molar-refractivity contribution in [1.82, 2.24) is 15.6 Å². The molecule has 2 N–H and O–H groups in total. The van der Waals surface area contributed by atoms with E-state index < -0.39 is 0 Å². The zero-order chi connectivity index (χ0) is 12.4. The third kappa shape index (κ3) is 3.11. The van der Waals surface area contributed by atoms with E-state index in [1.807, 2.05) is 0 Å². The molecule has 2 bridgehead atoms. The molecule has 0 spiro atoms. The largest absolute Gasteiger partial charge is 0.311 e. The third-order valence-corrected chi connectivity index (χ3v) is 5.21. The number of hydrogen-bond acceptors (Lipinski definition) is 4. The summed E-state index contributed by atoms with van der Waals surface area (Å²) in [4.78, 5) is 4.48. The molecule has 0 radical (unpaired) electrons. The van der Waals surface area contributed by atoms with Crippen LogP contribution in [0.1, 0.15) is 42.8 Å².